The van der Waals surface area contributed by atoms with Gasteiger partial charge in [0.15, 0.2) is 0 Å². The first-order valence-electron chi connectivity index (χ1n) is 8.50. The Morgan fingerprint density at radius 2 is 1.46 bits per heavy atom. The topological polar surface area (TPSA) is 82.1 Å². The Kier molecular flexibility index (Phi) is 6.95. The number of hydrogen-bond acceptors (Lipinski definition) is 6. The van der Waals surface area contributed by atoms with E-state index in [0.29, 0.717) is 4.90 Å². The van der Waals surface area contributed by atoms with E-state index >= 15 is 0 Å². The number of amides is 2. The van der Waals surface area contributed by atoms with Crippen molar-refractivity contribution in [1.29, 1.82) is 0 Å². The number of methoxy groups -OCH3 is 1. The Labute approximate surface area is 164 Å². The van der Waals surface area contributed by atoms with Crippen LogP contribution < -0.4 is 4.90 Å². The molecule has 0 N–H and O–H groups in total. The minimum atomic E-state index is -1.09. The minimum Gasteiger partial charge on any atom is -0.465 e. The first-order valence-corrected chi connectivity index (χ1v) is 8.50. The van der Waals surface area contributed by atoms with Gasteiger partial charge in [-0.05, 0) is 53.7 Å². The van der Waals surface area contributed by atoms with Crippen LogP contribution in [0, 0.1) is 5.82 Å². The fourth-order valence-corrected chi connectivity index (χ4v) is 2.08. The third-order valence-electron chi connectivity index (χ3n) is 3.13. The molecule has 0 unspecified atom stereocenters. The molecule has 0 saturated heterocycles. The van der Waals surface area contributed by atoms with E-state index in [1.54, 1.807) is 41.5 Å². The summed E-state index contributed by atoms with van der Waals surface area (Å²) in [5, 5.41) is 0. The summed E-state index contributed by atoms with van der Waals surface area (Å²) in [5.41, 5.74) is -2.50. The van der Waals surface area contributed by atoms with E-state index in [1.165, 1.54) is 6.08 Å². The predicted molar refractivity (Wildman–Crippen MR) is 103 cm³/mol. The second-order valence-electron chi connectivity index (χ2n) is 7.88. The molecule has 0 aliphatic rings. The van der Waals surface area contributed by atoms with Gasteiger partial charge >= 0.3 is 18.2 Å². The number of ether oxygens (including phenoxy) is 3. The number of anilines is 1. The number of esters is 1. The number of benzene rings is 1. The van der Waals surface area contributed by atoms with Gasteiger partial charge in [-0.25, -0.2) is 18.8 Å². The molecule has 0 fully saturated rings. The van der Waals surface area contributed by atoms with E-state index in [9.17, 15) is 18.8 Å². The summed E-state index contributed by atoms with van der Waals surface area (Å²) in [6.45, 7) is 13.2. The summed E-state index contributed by atoms with van der Waals surface area (Å²) >= 11 is 0. The SMILES string of the molecule is C=Cc1cc(N(C(=O)OC(C)(C)C)C(=O)OC(C)(C)C)c(C(=O)OC)cc1F. The van der Waals surface area contributed by atoms with Crippen LogP contribution in [0.15, 0.2) is 18.7 Å². The van der Waals surface area contributed by atoms with Gasteiger partial charge in [0.05, 0.1) is 18.4 Å². The van der Waals surface area contributed by atoms with E-state index in [-0.39, 0.29) is 16.8 Å². The fourth-order valence-electron chi connectivity index (χ4n) is 2.08. The Hall–Kier alpha value is -2.90. The molecule has 0 saturated carbocycles. The van der Waals surface area contributed by atoms with Crippen molar-refractivity contribution >= 4 is 29.9 Å². The van der Waals surface area contributed by atoms with Gasteiger partial charge in [0.2, 0.25) is 0 Å². The molecule has 2 amide bonds. The average Bonchev–Trinajstić information content (AvgIpc) is 2.51. The zero-order valence-corrected chi connectivity index (χ0v) is 17.2. The normalized spacial score (nSPS) is 11.4. The molecule has 1 aromatic carbocycles. The lowest BCUT2D eigenvalue weighted by Gasteiger charge is -2.29. The maximum atomic E-state index is 14.2. The zero-order chi connectivity index (χ0) is 21.9. The fraction of sp³-hybridized carbons (Fsp3) is 0.450. The Balaban J connectivity index is 3.68. The van der Waals surface area contributed by atoms with Gasteiger partial charge in [0.25, 0.3) is 0 Å². The quantitative estimate of drug-likeness (QED) is 0.533. The van der Waals surface area contributed by atoms with Crippen LogP contribution in [0.3, 0.4) is 0 Å². The highest BCUT2D eigenvalue weighted by atomic mass is 19.1. The second kappa shape index (κ2) is 8.41. The lowest BCUT2D eigenvalue weighted by Crippen LogP contribution is -2.44. The molecule has 7 nitrogen and oxygen atoms in total. The molecule has 0 spiro atoms. The molecule has 28 heavy (non-hydrogen) atoms. The summed E-state index contributed by atoms with van der Waals surface area (Å²) in [6.07, 6.45) is -0.996. The van der Waals surface area contributed by atoms with Crippen molar-refractivity contribution in [1.82, 2.24) is 0 Å². The molecule has 0 radical (unpaired) electrons. The van der Waals surface area contributed by atoms with E-state index in [1.807, 2.05) is 0 Å². The standard InChI is InChI=1S/C20H26FNO6/c1-9-12-10-15(13(11-14(12)21)16(23)26-8)22(17(24)27-19(2,3)4)18(25)28-20(5,6)7/h9-11H,1H2,2-8H3. The van der Waals surface area contributed by atoms with Crippen LogP contribution in [0.1, 0.15) is 57.5 Å². The van der Waals surface area contributed by atoms with Crippen molar-refractivity contribution in [3.63, 3.8) is 0 Å². The second-order valence-corrected chi connectivity index (χ2v) is 7.88. The molecule has 8 heteroatoms. The highest BCUT2D eigenvalue weighted by Crippen LogP contribution is 2.29. The first kappa shape index (κ1) is 23.1. The number of imide groups is 1. The summed E-state index contributed by atoms with van der Waals surface area (Å²) in [5.74, 6) is -1.71. The molecule has 1 rings (SSSR count). The lowest BCUT2D eigenvalue weighted by molar-refractivity contribution is 0.0430. The van der Waals surface area contributed by atoms with Crippen molar-refractivity contribution < 1.29 is 33.0 Å². The van der Waals surface area contributed by atoms with Crippen molar-refractivity contribution in [3.8, 4) is 0 Å². The van der Waals surface area contributed by atoms with Crippen LogP contribution >= 0.6 is 0 Å². The molecule has 0 atom stereocenters. The van der Waals surface area contributed by atoms with Crippen molar-refractivity contribution in [2.75, 3.05) is 12.0 Å². The zero-order valence-electron chi connectivity index (χ0n) is 17.2. The maximum absolute atomic E-state index is 14.2. The van der Waals surface area contributed by atoms with Gasteiger partial charge in [0, 0.05) is 5.56 Å². The average molecular weight is 395 g/mol. The molecule has 0 bridgehead atoms. The lowest BCUT2D eigenvalue weighted by atomic mass is 10.1. The van der Waals surface area contributed by atoms with E-state index < -0.39 is 35.2 Å². The highest BCUT2D eigenvalue weighted by Gasteiger charge is 2.35. The van der Waals surface area contributed by atoms with Gasteiger partial charge in [-0.3, -0.25) is 0 Å². The molecule has 0 aromatic heterocycles. The van der Waals surface area contributed by atoms with Crippen LogP contribution in [-0.4, -0.2) is 36.5 Å². The maximum Gasteiger partial charge on any atom is 0.424 e. The number of hydrogen-bond donors (Lipinski definition) is 0. The van der Waals surface area contributed by atoms with Gasteiger partial charge in [-0.15, -0.1) is 0 Å². The van der Waals surface area contributed by atoms with Crippen LogP contribution in [0.5, 0.6) is 0 Å². The molecular weight excluding hydrogens is 369 g/mol. The first-order chi connectivity index (χ1) is 12.7. The molecule has 0 aliphatic carbocycles. The van der Waals surface area contributed by atoms with Gasteiger partial charge < -0.3 is 14.2 Å². The molecule has 0 aliphatic heterocycles. The largest absolute Gasteiger partial charge is 0.465 e. The van der Waals surface area contributed by atoms with Crippen molar-refractivity contribution in [2.24, 2.45) is 0 Å². The Morgan fingerprint density at radius 1 is 1.00 bits per heavy atom. The Morgan fingerprint density at radius 3 is 1.82 bits per heavy atom. The molecular formula is C20H26FNO6. The number of nitrogens with zero attached hydrogens (tertiary/aromatic N) is 1. The number of halogens is 1. The summed E-state index contributed by atoms with van der Waals surface area (Å²) in [7, 11) is 1.09. The van der Waals surface area contributed by atoms with Crippen LogP contribution in [-0.2, 0) is 14.2 Å². The van der Waals surface area contributed by atoms with Crippen molar-refractivity contribution in [2.45, 2.75) is 52.7 Å². The van der Waals surface area contributed by atoms with E-state index in [2.05, 4.69) is 11.3 Å². The molecule has 0 heterocycles. The Bertz CT molecular complexity index is 761. The summed E-state index contributed by atoms with van der Waals surface area (Å²) in [4.78, 5) is 38.2. The van der Waals surface area contributed by atoms with Crippen LogP contribution in [0.2, 0.25) is 0 Å². The molecule has 1 aromatic rings. The highest BCUT2D eigenvalue weighted by molar-refractivity contribution is 6.13. The van der Waals surface area contributed by atoms with Gasteiger partial charge in [-0.1, -0.05) is 12.7 Å². The minimum absolute atomic E-state index is 0.0280. The third-order valence-corrected chi connectivity index (χ3v) is 3.13. The monoisotopic (exact) mass is 395 g/mol. The van der Waals surface area contributed by atoms with E-state index in [0.717, 1.165) is 19.2 Å². The van der Waals surface area contributed by atoms with Gasteiger partial charge in [-0.2, -0.15) is 4.90 Å². The number of rotatable bonds is 3. The van der Waals surface area contributed by atoms with Crippen molar-refractivity contribution in [3.05, 3.63) is 35.7 Å². The van der Waals surface area contributed by atoms with Crippen LogP contribution in [0.25, 0.3) is 6.08 Å². The van der Waals surface area contributed by atoms with Crippen LogP contribution in [0.4, 0.5) is 19.7 Å². The van der Waals surface area contributed by atoms with E-state index in [4.69, 9.17) is 9.47 Å². The summed E-state index contributed by atoms with van der Waals surface area (Å²) < 4.78 is 29.4. The third kappa shape index (κ3) is 6.07. The predicted octanol–water partition coefficient (Wildman–Crippen LogP) is 4.93. The summed E-state index contributed by atoms with van der Waals surface area (Å²) in [6, 6.07) is 1.99. The smallest absolute Gasteiger partial charge is 0.424 e. The number of carbonyl (C=O) groups excluding carboxylic acids is 3. The molecule has 154 valence electrons. The van der Waals surface area contributed by atoms with Gasteiger partial charge in [0.1, 0.15) is 17.0 Å². The number of carbonyl (C=O) groups is 3.